The second-order valence-corrected chi connectivity index (χ2v) is 6.17. The number of hydrogen-bond acceptors (Lipinski definition) is 4. The zero-order valence-corrected chi connectivity index (χ0v) is 11.9. The molecule has 0 saturated carbocycles. The Morgan fingerprint density at radius 2 is 1.89 bits per heavy atom. The standard InChI is InChI=1S/C11H10BrN3O2S/c1-8-2-3-11(10(12)4-8)18(16,17)15-9-5-13-7-14-6-9/h2-7,15H,1H3. The largest absolute Gasteiger partial charge is 0.276 e. The van der Waals surface area contributed by atoms with Crippen molar-refractivity contribution in [2.75, 3.05) is 4.72 Å². The van der Waals surface area contributed by atoms with Gasteiger partial charge in [-0.25, -0.2) is 18.4 Å². The fourth-order valence-electron chi connectivity index (χ4n) is 1.39. The van der Waals surface area contributed by atoms with E-state index in [4.69, 9.17) is 0 Å². The van der Waals surface area contributed by atoms with Gasteiger partial charge in [-0.05, 0) is 40.5 Å². The van der Waals surface area contributed by atoms with Crippen molar-refractivity contribution in [2.45, 2.75) is 11.8 Å². The molecule has 2 aromatic rings. The summed E-state index contributed by atoms with van der Waals surface area (Å²) >= 11 is 3.25. The number of nitrogens with zero attached hydrogens (tertiary/aromatic N) is 2. The van der Waals surface area contributed by atoms with Crippen LogP contribution < -0.4 is 4.72 Å². The van der Waals surface area contributed by atoms with Crippen LogP contribution in [0.3, 0.4) is 0 Å². The zero-order chi connectivity index (χ0) is 13.2. The summed E-state index contributed by atoms with van der Waals surface area (Å²) in [6, 6.07) is 5.03. The lowest BCUT2D eigenvalue weighted by atomic mass is 10.2. The van der Waals surface area contributed by atoms with Crippen LogP contribution in [0.25, 0.3) is 0 Å². The van der Waals surface area contributed by atoms with Gasteiger partial charge in [-0.3, -0.25) is 4.72 Å². The number of rotatable bonds is 3. The maximum absolute atomic E-state index is 12.1. The third-order valence-electron chi connectivity index (χ3n) is 2.19. The van der Waals surface area contributed by atoms with E-state index in [1.54, 1.807) is 18.2 Å². The number of nitrogens with one attached hydrogen (secondary N) is 1. The Hall–Kier alpha value is -1.47. The summed E-state index contributed by atoms with van der Waals surface area (Å²) in [5.41, 5.74) is 1.30. The zero-order valence-electron chi connectivity index (χ0n) is 9.46. The van der Waals surface area contributed by atoms with Gasteiger partial charge in [-0.1, -0.05) is 6.07 Å². The molecular weight excluding hydrogens is 318 g/mol. The lowest BCUT2D eigenvalue weighted by Crippen LogP contribution is -2.13. The molecule has 1 aromatic carbocycles. The van der Waals surface area contributed by atoms with Crippen LogP contribution >= 0.6 is 15.9 Å². The number of sulfonamides is 1. The Kier molecular flexibility index (Phi) is 3.63. The summed E-state index contributed by atoms with van der Waals surface area (Å²) in [5.74, 6) is 0. The monoisotopic (exact) mass is 327 g/mol. The van der Waals surface area contributed by atoms with Crippen molar-refractivity contribution in [3.8, 4) is 0 Å². The topological polar surface area (TPSA) is 72.0 Å². The summed E-state index contributed by atoms with van der Waals surface area (Å²) < 4.78 is 27.2. The van der Waals surface area contributed by atoms with Crippen LogP contribution in [0.4, 0.5) is 5.69 Å². The molecule has 0 fully saturated rings. The van der Waals surface area contributed by atoms with E-state index in [0.29, 0.717) is 10.2 Å². The average molecular weight is 328 g/mol. The van der Waals surface area contributed by atoms with Crippen molar-refractivity contribution >= 4 is 31.6 Å². The summed E-state index contributed by atoms with van der Waals surface area (Å²) in [6.07, 6.45) is 4.12. The minimum Gasteiger partial charge on any atom is -0.276 e. The van der Waals surface area contributed by atoms with Crippen LogP contribution in [-0.2, 0) is 10.0 Å². The van der Waals surface area contributed by atoms with Crippen LogP contribution in [-0.4, -0.2) is 18.4 Å². The van der Waals surface area contributed by atoms with Crippen molar-refractivity contribution in [1.82, 2.24) is 9.97 Å². The van der Waals surface area contributed by atoms with E-state index in [2.05, 4.69) is 30.6 Å². The molecule has 0 radical (unpaired) electrons. The van der Waals surface area contributed by atoms with Crippen molar-refractivity contribution in [3.63, 3.8) is 0 Å². The first kappa shape index (κ1) is 13.0. The molecule has 2 rings (SSSR count). The van der Waals surface area contributed by atoms with E-state index in [-0.39, 0.29) is 4.90 Å². The van der Waals surface area contributed by atoms with Crippen molar-refractivity contribution in [2.24, 2.45) is 0 Å². The molecule has 0 aliphatic heterocycles. The SMILES string of the molecule is Cc1ccc(S(=O)(=O)Nc2cncnc2)c(Br)c1. The fraction of sp³-hybridized carbons (Fsp3) is 0.0909. The van der Waals surface area contributed by atoms with E-state index >= 15 is 0 Å². The summed E-state index contributed by atoms with van der Waals surface area (Å²) in [4.78, 5) is 7.68. The van der Waals surface area contributed by atoms with Crippen LogP contribution in [0.15, 0.2) is 46.3 Å². The van der Waals surface area contributed by atoms with Crippen LogP contribution in [0.1, 0.15) is 5.56 Å². The first-order chi connectivity index (χ1) is 8.49. The number of hydrogen-bond donors (Lipinski definition) is 1. The van der Waals surface area contributed by atoms with Gasteiger partial charge in [0, 0.05) is 4.47 Å². The molecule has 94 valence electrons. The normalized spacial score (nSPS) is 11.2. The van der Waals surface area contributed by atoms with Gasteiger partial charge >= 0.3 is 0 Å². The van der Waals surface area contributed by atoms with Gasteiger partial charge in [-0.15, -0.1) is 0 Å². The Labute approximate surface area is 113 Å². The Bertz CT molecular complexity index is 659. The number of halogens is 1. The summed E-state index contributed by atoms with van der Waals surface area (Å²) in [6.45, 7) is 1.89. The third-order valence-corrected chi connectivity index (χ3v) is 4.55. The van der Waals surface area contributed by atoms with E-state index < -0.39 is 10.0 Å². The quantitative estimate of drug-likeness (QED) is 0.939. The molecule has 0 spiro atoms. The Balaban J connectivity index is 2.37. The highest BCUT2D eigenvalue weighted by molar-refractivity contribution is 9.10. The van der Waals surface area contributed by atoms with E-state index in [1.165, 1.54) is 18.7 Å². The number of anilines is 1. The second kappa shape index (κ2) is 5.03. The molecule has 0 atom stereocenters. The first-order valence-electron chi connectivity index (χ1n) is 5.03. The molecule has 0 bridgehead atoms. The van der Waals surface area contributed by atoms with Gasteiger partial charge in [0.15, 0.2) is 0 Å². The molecule has 0 unspecified atom stereocenters. The van der Waals surface area contributed by atoms with Gasteiger partial charge in [0.2, 0.25) is 0 Å². The molecule has 18 heavy (non-hydrogen) atoms. The molecule has 1 N–H and O–H groups in total. The predicted molar refractivity (Wildman–Crippen MR) is 71.7 cm³/mol. The molecule has 1 aromatic heterocycles. The minimum absolute atomic E-state index is 0.178. The number of benzene rings is 1. The van der Waals surface area contributed by atoms with Crippen molar-refractivity contribution < 1.29 is 8.42 Å². The van der Waals surface area contributed by atoms with E-state index in [9.17, 15) is 8.42 Å². The van der Waals surface area contributed by atoms with Gasteiger partial charge < -0.3 is 0 Å². The molecule has 1 heterocycles. The number of aromatic nitrogens is 2. The van der Waals surface area contributed by atoms with Crippen LogP contribution in [0.2, 0.25) is 0 Å². The highest BCUT2D eigenvalue weighted by atomic mass is 79.9. The third kappa shape index (κ3) is 2.85. The van der Waals surface area contributed by atoms with E-state index in [0.717, 1.165) is 5.56 Å². The average Bonchev–Trinajstić information content (AvgIpc) is 2.29. The van der Waals surface area contributed by atoms with Gasteiger partial charge in [0.1, 0.15) is 11.2 Å². The Morgan fingerprint density at radius 1 is 1.22 bits per heavy atom. The lowest BCUT2D eigenvalue weighted by Gasteiger charge is -2.09. The summed E-state index contributed by atoms with van der Waals surface area (Å²) in [7, 11) is -3.64. The fourth-order valence-corrected chi connectivity index (χ4v) is 3.61. The van der Waals surface area contributed by atoms with Gasteiger partial charge in [-0.2, -0.15) is 0 Å². The molecule has 7 heteroatoms. The lowest BCUT2D eigenvalue weighted by molar-refractivity contribution is 0.600. The van der Waals surface area contributed by atoms with Crippen LogP contribution in [0, 0.1) is 6.92 Å². The van der Waals surface area contributed by atoms with Crippen molar-refractivity contribution in [1.29, 1.82) is 0 Å². The van der Waals surface area contributed by atoms with Crippen molar-refractivity contribution in [3.05, 3.63) is 47.0 Å². The predicted octanol–water partition coefficient (Wildman–Crippen LogP) is 2.35. The first-order valence-corrected chi connectivity index (χ1v) is 7.30. The molecule has 0 aliphatic carbocycles. The summed E-state index contributed by atoms with van der Waals surface area (Å²) in [5, 5.41) is 0. The van der Waals surface area contributed by atoms with E-state index in [1.807, 2.05) is 6.92 Å². The molecular formula is C11H10BrN3O2S. The van der Waals surface area contributed by atoms with Crippen LogP contribution in [0.5, 0.6) is 0 Å². The second-order valence-electron chi connectivity index (χ2n) is 3.67. The van der Waals surface area contributed by atoms with Gasteiger partial charge in [0.25, 0.3) is 10.0 Å². The molecule has 0 amide bonds. The minimum atomic E-state index is -3.64. The highest BCUT2D eigenvalue weighted by Crippen LogP contribution is 2.24. The van der Waals surface area contributed by atoms with Gasteiger partial charge in [0.05, 0.1) is 18.1 Å². The molecule has 0 aliphatic rings. The molecule has 0 saturated heterocycles. The highest BCUT2D eigenvalue weighted by Gasteiger charge is 2.17. The number of aryl methyl sites for hydroxylation is 1. The smallest absolute Gasteiger partial charge is 0.263 e. The maximum Gasteiger partial charge on any atom is 0.263 e. The Morgan fingerprint density at radius 3 is 2.50 bits per heavy atom. The maximum atomic E-state index is 12.1. The molecule has 5 nitrogen and oxygen atoms in total.